The molecule has 1 heterocycles. The summed E-state index contributed by atoms with van der Waals surface area (Å²) in [6, 6.07) is 16.9. The zero-order chi connectivity index (χ0) is 19.1. The highest BCUT2D eigenvalue weighted by Gasteiger charge is 2.18. The number of hydrogen-bond donors (Lipinski definition) is 0. The van der Waals surface area contributed by atoms with Crippen LogP contribution < -0.4 is 4.74 Å². The molecule has 0 aliphatic heterocycles. The van der Waals surface area contributed by atoms with Gasteiger partial charge >= 0.3 is 5.97 Å². The van der Waals surface area contributed by atoms with E-state index in [0.29, 0.717) is 18.2 Å². The number of tetrazole rings is 1. The Balaban J connectivity index is 1.84. The van der Waals surface area contributed by atoms with Crippen molar-refractivity contribution in [2.75, 3.05) is 6.61 Å². The molecule has 7 nitrogen and oxygen atoms in total. The van der Waals surface area contributed by atoms with Crippen molar-refractivity contribution in [2.45, 2.75) is 20.5 Å². The van der Waals surface area contributed by atoms with Gasteiger partial charge in [0.15, 0.2) is 11.5 Å². The molecule has 0 aliphatic carbocycles. The quantitative estimate of drug-likeness (QED) is 0.473. The molecule has 0 atom stereocenters. The maximum Gasteiger partial charge on any atom is 0.357 e. The van der Waals surface area contributed by atoms with Crippen molar-refractivity contribution in [2.24, 2.45) is 0 Å². The largest absolute Gasteiger partial charge is 0.493 e. The van der Waals surface area contributed by atoms with Gasteiger partial charge in [0, 0.05) is 5.56 Å². The number of esters is 1. The third kappa shape index (κ3) is 4.58. The number of nitrogens with zero attached hydrogens (tertiary/aromatic N) is 4. The lowest BCUT2D eigenvalue weighted by Crippen LogP contribution is -2.15. The van der Waals surface area contributed by atoms with Crippen LogP contribution in [-0.4, -0.2) is 32.8 Å². The molecule has 3 rings (SSSR count). The third-order valence-corrected chi connectivity index (χ3v) is 3.80. The second-order valence-corrected chi connectivity index (χ2v) is 5.70. The minimum atomic E-state index is -0.527. The standard InChI is InChI=1S/C20H20N4O3/c1-3-26-19-12-8-7-11-17(19)14-27-20(25)18(24-15(2)21-22-23-24)13-16-9-5-4-6-10-16/h4-13H,3,14H2,1-2H3/b18-13-. The molecule has 0 bridgehead atoms. The number of aryl methyl sites for hydroxylation is 1. The Bertz CT molecular complexity index is 935. The van der Waals surface area contributed by atoms with E-state index in [2.05, 4.69) is 15.5 Å². The molecule has 0 amide bonds. The second kappa shape index (κ2) is 8.75. The molecule has 0 unspecified atom stereocenters. The van der Waals surface area contributed by atoms with E-state index < -0.39 is 5.97 Å². The number of benzene rings is 2. The van der Waals surface area contributed by atoms with Crippen LogP contribution in [0.4, 0.5) is 0 Å². The monoisotopic (exact) mass is 364 g/mol. The predicted molar refractivity (Wildman–Crippen MR) is 101 cm³/mol. The highest BCUT2D eigenvalue weighted by Crippen LogP contribution is 2.20. The topological polar surface area (TPSA) is 79.1 Å². The van der Waals surface area contributed by atoms with Crippen LogP contribution in [0.3, 0.4) is 0 Å². The Morgan fingerprint density at radius 3 is 2.56 bits per heavy atom. The highest BCUT2D eigenvalue weighted by molar-refractivity contribution is 6.15. The normalized spacial score (nSPS) is 11.3. The van der Waals surface area contributed by atoms with Gasteiger partial charge < -0.3 is 9.47 Å². The average molecular weight is 364 g/mol. The molecule has 0 fully saturated rings. The fourth-order valence-corrected chi connectivity index (χ4v) is 2.50. The maximum absolute atomic E-state index is 12.8. The van der Waals surface area contributed by atoms with Gasteiger partial charge in [0.2, 0.25) is 0 Å². The summed E-state index contributed by atoms with van der Waals surface area (Å²) in [6.07, 6.45) is 1.69. The van der Waals surface area contributed by atoms with E-state index in [1.165, 1.54) is 4.68 Å². The summed E-state index contributed by atoms with van der Waals surface area (Å²) >= 11 is 0. The Kier molecular flexibility index (Phi) is 5.94. The van der Waals surface area contributed by atoms with E-state index in [1.807, 2.05) is 61.5 Å². The minimum Gasteiger partial charge on any atom is -0.493 e. The van der Waals surface area contributed by atoms with Crippen LogP contribution in [-0.2, 0) is 16.1 Å². The smallest absolute Gasteiger partial charge is 0.357 e. The SMILES string of the molecule is CCOc1ccccc1COC(=O)/C(=C/c1ccccc1)n1nnnc1C. The number of ether oxygens (including phenoxy) is 2. The average Bonchev–Trinajstić information content (AvgIpc) is 3.12. The molecule has 7 heteroatoms. The molecule has 0 N–H and O–H groups in total. The van der Waals surface area contributed by atoms with Gasteiger partial charge in [0.25, 0.3) is 0 Å². The Morgan fingerprint density at radius 2 is 1.85 bits per heavy atom. The molecule has 27 heavy (non-hydrogen) atoms. The van der Waals surface area contributed by atoms with Gasteiger partial charge in [-0.1, -0.05) is 48.5 Å². The fraction of sp³-hybridized carbons (Fsp3) is 0.200. The number of para-hydroxylation sites is 1. The molecule has 0 radical (unpaired) electrons. The van der Waals surface area contributed by atoms with Crippen LogP contribution in [0.2, 0.25) is 0 Å². The fourth-order valence-electron chi connectivity index (χ4n) is 2.50. The molecule has 1 aromatic heterocycles. The third-order valence-electron chi connectivity index (χ3n) is 3.80. The summed E-state index contributed by atoms with van der Waals surface area (Å²) in [7, 11) is 0. The first-order valence-corrected chi connectivity index (χ1v) is 8.59. The van der Waals surface area contributed by atoms with Gasteiger partial charge in [-0.3, -0.25) is 0 Å². The Morgan fingerprint density at radius 1 is 1.11 bits per heavy atom. The molecular formula is C20H20N4O3. The number of carbonyl (C=O) groups excluding carboxylic acids is 1. The van der Waals surface area contributed by atoms with Gasteiger partial charge in [0.1, 0.15) is 12.4 Å². The number of aromatic nitrogens is 4. The summed E-state index contributed by atoms with van der Waals surface area (Å²) in [4.78, 5) is 12.8. The summed E-state index contributed by atoms with van der Waals surface area (Å²) in [5.41, 5.74) is 1.87. The van der Waals surface area contributed by atoms with Gasteiger partial charge in [0.05, 0.1) is 6.61 Å². The van der Waals surface area contributed by atoms with Gasteiger partial charge in [-0.2, -0.15) is 4.68 Å². The van der Waals surface area contributed by atoms with E-state index >= 15 is 0 Å². The second-order valence-electron chi connectivity index (χ2n) is 5.70. The summed E-state index contributed by atoms with van der Waals surface area (Å²) in [6.45, 7) is 4.25. The Hall–Kier alpha value is -3.48. The van der Waals surface area contributed by atoms with Crippen LogP contribution in [0.5, 0.6) is 5.75 Å². The maximum atomic E-state index is 12.8. The van der Waals surface area contributed by atoms with Crippen LogP contribution in [0.15, 0.2) is 54.6 Å². The van der Waals surface area contributed by atoms with Crippen LogP contribution >= 0.6 is 0 Å². The molecule has 2 aromatic carbocycles. The van der Waals surface area contributed by atoms with Crippen molar-refractivity contribution in [3.63, 3.8) is 0 Å². The molecular weight excluding hydrogens is 344 g/mol. The first-order valence-electron chi connectivity index (χ1n) is 8.59. The molecule has 0 saturated carbocycles. The molecule has 0 aliphatic rings. The van der Waals surface area contributed by atoms with Gasteiger partial charge in [-0.25, -0.2) is 4.79 Å². The van der Waals surface area contributed by atoms with E-state index in [9.17, 15) is 4.79 Å². The zero-order valence-corrected chi connectivity index (χ0v) is 15.2. The number of hydrogen-bond acceptors (Lipinski definition) is 6. The van der Waals surface area contributed by atoms with E-state index in [0.717, 1.165) is 11.1 Å². The molecule has 0 spiro atoms. The van der Waals surface area contributed by atoms with Crippen LogP contribution in [0, 0.1) is 6.92 Å². The van der Waals surface area contributed by atoms with E-state index in [4.69, 9.17) is 9.47 Å². The van der Waals surface area contributed by atoms with Crippen molar-refractivity contribution in [3.8, 4) is 5.75 Å². The lowest BCUT2D eigenvalue weighted by molar-refractivity contribution is -0.138. The highest BCUT2D eigenvalue weighted by atomic mass is 16.5. The van der Waals surface area contributed by atoms with Crippen molar-refractivity contribution in [3.05, 3.63) is 71.5 Å². The van der Waals surface area contributed by atoms with Crippen molar-refractivity contribution >= 4 is 17.7 Å². The predicted octanol–water partition coefficient (Wildman–Crippen LogP) is 3.12. The first-order chi connectivity index (χ1) is 13.2. The van der Waals surface area contributed by atoms with Crippen LogP contribution in [0.1, 0.15) is 23.9 Å². The summed E-state index contributed by atoms with van der Waals surface area (Å²) < 4.78 is 12.5. The van der Waals surface area contributed by atoms with E-state index in [1.54, 1.807) is 13.0 Å². The molecule has 3 aromatic rings. The Labute approximate surface area is 157 Å². The van der Waals surface area contributed by atoms with Crippen molar-refractivity contribution in [1.29, 1.82) is 0 Å². The van der Waals surface area contributed by atoms with Crippen molar-refractivity contribution < 1.29 is 14.3 Å². The zero-order valence-electron chi connectivity index (χ0n) is 15.2. The minimum absolute atomic E-state index is 0.0856. The van der Waals surface area contributed by atoms with Crippen LogP contribution in [0.25, 0.3) is 11.8 Å². The first kappa shape index (κ1) is 18.3. The summed E-state index contributed by atoms with van der Waals surface area (Å²) in [5.74, 6) is 0.657. The van der Waals surface area contributed by atoms with Gasteiger partial charge in [-0.15, -0.1) is 5.10 Å². The number of rotatable bonds is 7. The van der Waals surface area contributed by atoms with E-state index in [-0.39, 0.29) is 12.3 Å². The lowest BCUT2D eigenvalue weighted by atomic mass is 10.2. The lowest BCUT2D eigenvalue weighted by Gasteiger charge is -2.12. The molecule has 138 valence electrons. The number of carbonyl (C=O) groups is 1. The molecule has 0 saturated heterocycles. The van der Waals surface area contributed by atoms with Crippen molar-refractivity contribution in [1.82, 2.24) is 20.2 Å². The summed E-state index contributed by atoms with van der Waals surface area (Å²) in [5, 5.41) is 11.4. The van der Waals surface area contributed by atoms with Gasteiger partial charge in [-0.05, 0) is 42.0 Å².